The summed E-state index contributed by atoms with van der Waals surface area (Å²) in [5, 5.41) is 21.4. The number of hydrogen-bond donors (Lipinski definition) is 3. The molecule has 0 aliphatic carbocycles. The Morgan fingerprint density at radius 2 is 1.61 bits per heavy atom. The van der Waals surface area contributed by atoms with Crippen molar-refractivity contribution >= 4 is 33.5 Å². The Labute approximate surface area is 235 Å². The summed E-state index contributed by atoms with van der Waals surface area (Å²) in [7, 11) is -2.18. The van der Waals surface area contributed by atoms with Gasteiger partial charge < -0.3 is 15.1 Å². The van der Waals surface area contributed by atoms with Gasteiger partial charge in [-0.3, -0.25) is 9.40 Å². The lowest BCUT2D eigenvalue weighted by Crippen LogP contribution is -2.23. The van der Waals surface area contributed by atoms with Crippen LogP contribution in [-0.4, -0.2) is 58.6 Å². The van der Waals surface area contributed by atoms with Gasteiger partial charge in [0.05, 0.1) is 34.7 Å². The van der Waals surface area contributed by atoms with Crippen molar-refractivity contribution in [2.24, 2.45) is 0 Å². The standard InChI is InChI=1S/C24H31N5O4S.C2HF3O2/c1-7-8-29-20(11-18(5)26-29)14-28(6)23-21(24(30)31)12-19(13-25-23)27-34(32,33)22-10-16(3)15(2)9-17(22)4;3-2(4,5)1(6)7/h9-13,27H,7-8,14H2,1-6H3,(H,30,31);(H,6,7). The average molecular weight is 600 g/mol. The maximum atomic E-state index is 13.0. The molecule has 0 spiro atoms. The summed E-state index contributed by atoms with van der Waals surface area (Å²) in [6, 6.07) is 6.68. The van der Waals surface area contributed by atoms with Gasteiger partial charge in [0.1, 0.15) is 11.4 Å². The van der Waals surface area contributed by atoms with Crippen LogP contribution in [-0.2, 0) is 27.9 Å². The fourth-order valence-electron chi connectivity index (χ4n) is 3.86. The number of alkyl halides is 3. The van der Waals surface area contributed by atoms with E-state index in [1.165, 1.54) is 12.3 Å². The minimum Gasteiger partial charge on any atom is -0.478 e. The molecule has 2 heterocycles. The molecule has 3 N–H and O–H groups in total. The van der Waals surface area contributed by atoms with Crippen molar-refractivity contribution in [2.45, 2.75) is 65.2 Å². The first kappa shape index (κ1) is 33.1. The van der Waals surface area contributed by atoms with Crippen LogP contribution in [0.4, 0.5) is 24.7 Å². The zero-order chi connectivity index (χ0) is 31.3. The predicted molar refractivity (Wildman–Crippen MR) is 146 cm³/mol. The van der Waals surface area contributed by atoms with E-state index in [9.17, 15) is 31.5 Å². The third-order valence-corrected chi connectivity index (χ3v) is 7.38. The molecule has 3 aromatic rings. The molecule has 1 aromatic carbocycles. The number of carboxylic acids is 2. The number of carbonyl (C=O) groups is 2. The topological polar surface area (TPSA) is 155 Å². The number of aromatic carboxylic acids is 1. The second-order valence-electron chi connectivity index (χ2n) is 9.37. The Balaban J connectivity index is 0.000000745. The van der Waals surface area contributed by atoms with E-state index in [1.807, 2.05) is 37.6 Å². The van der Waals surface area contributed by atoms with Crippen molar-refractivity contribution in [3.63, 3.8) is 0 Å². The molecule has 0 amide bonds. The van der Waals surface area contributed by atoms with Crippen molar-refractivity contribution in [1.82, 2.24) is 14.8 Å². The zero-order valence-electron chi connectivity index (χ0n) is 23.4. The Morgan fingerprint density at radius 3 is 2.15 bits per heavy atom. The monoisotopic (exact) mass is 599 g/mol. The number of aliphatic carboxylic acids is 1. The van der Waals surface area contributed by atoms with Crippen molar-refractivity contribution in [1.29, 1.82) is 0 Å². The van der Waals surface area contributed by atoms with Gasteiger partial charge in [-0.2, -0.15) is 18.3 Å². The van der Waals surface area contributed by atoms with E-state index in [1.54, 1.807) is 24.9 Å². The zero-order valence-corrected chi connectivity index (χ0v) is 24.2. The molecule has 2 aromatic heterocycles. The summed E-state index contributed by atoms with van der Waals surface area (Å²) in [6.07, 6.45) is -2.83. The molecule has 0 aliphatic heterocycles. The Bertz CT molecular complexity index is 1540. The number of hydrogen-bond acceptors (Lipinski definition) is 7. The lowest BCUT2D eigenvalue weighted by atomic mass is 10.1. The van der Waals surface area contributed by atoms with Gasteiger partial charge in [-0.1, -0.05) is 13.0 Å². The minimum atomic E-state index is -5.08. The number of benzene rings is 1. The van der Waals surface area contributed by atoms with E-state index in [2.05, 4.69) is 21.7 Å². The number of pyridine rings is 1. The number of nitrogens with zero attached hydrogens (tertiary/aromatic N) is 4. The summed E-state index contributed by atoms with van der Waals surface area (Å²) in [4.78, 5) is 27.1. The molecular formula is C26H32F3N5O6S. The summed E-state index contributed by atoms with van der Waals surface area (Å²) < 4.78 is 62.2. The number of aromatic nitrogens is 3. The van der Waals surface area contributed by atoms with Crippen molar-refractivity contribution in [3.8, 4) is 0 Å². The molecule has 0 unspecified atom stereocenters. The Kier molecular flexibility index (Phi) is 10.5. The lowest BCUT2D eigenvalue weighted by molar-refractivity contribution is -0.192. The van der Waals surface area contributed by atoms with Gasteiger partial charge in [-0.05, 0) is 69.0 Å². The van der Waals surface area contributed by atoms with E-state index in [0.717, 1.165) is 35.5 Å². The maximum Gasteiger partial charge on any atom is 0.490 e. The van der Waals surface area contributed by atoms with Crippen LogP contribution in [0.15, 0.2) is 35.4 Å². The highest BCUT2D eigenvalue weighted by atomic mass is 32.2. The highest BCUT2D eigenvalue weighted by Crippen LogP contribution is 2.26. The minimum absolute atomic E-state index is 0.0825. The van der Waals surface area contributed by atoms with E-state index < -0.39 is 28.1 Å². The van der Waals surface area contributed by atoms with Crippen LogP contribution >= 0.6 is 0 Å². The van der Waals surface area contributed by atoms with Crippen LogP contribution in [0, 0.1) is 27.7 Å². The molecule has 0 aliphatic rings. The van der Waals surface area contributed by atoms with Gasteiger partial charge in [-0.15, -0.1) is 0 Å². The molecule has 41 heavy (non-hydrogen) atoms. The van der Waals surface area contributed by atoms with E-state index >= 15 is 0 Å². The number of nitrogens with one attached hydrogen (secondary N) is 1. The second kappa shape index (κ2) is 13.0. The highest BCUT2D eigenvalue weighted by Gasteiger charge is 2.38. The molecule has 224 valence electrons. The number of aryl methyl sites for hydroxylation is 5. The number of sulfonamides is 1. The highest BCUT2D eigenvalue weighted by molar-refractivity contribution is 7.92. The number of rotatable bonds is 9. The summed E-state index contributed by atoms with van der Waals surface area (Å²) in [5.41, 5.74) is 4.26. The van der Waals surface area contributed by atoms with Crippen LogP contribution in [0.3, 0.4) is 0 Å². The fraction of sp³-hybridized carbons (Fsp3) is 0.385. The molecule has 11 nitrogen and oxygen atoms in total. The average Bonchev–Trinajstić information content (AvgIpc) is 3.19. The molecule has 0 saturated carbocycles. The third-order valence-electron chi connectivity index (χ3n) is 5.85. The first-order chi connectivity index (χ1) is 18.9. The van der Waals surface area contributed by atoms with Gasteiger partial charge in [0.15, 0.2) is 0 Å². The fourth-order valence-corrected chi connectivity index (χ4v) is 5.20. The van der Waals surface area contributed by atoms with Crippen molar-refractivity contribution < 1.29 is 41.4 Å². The Morgan fingerprint density at radius 1 is 1.02 bits per heavy atom. The number of carboxylic acid groups (broad SMARTS) is 2. The van der Waals surface area contributed by atoms with Crippen LogP contribution in [0.5, 0.6) is 0 Å². The first-order valence-electron chi connectivity index (χ1n) is 12.3. The van der Waals surface area contributed by atoms with Gasteiger partial charge in [0.25, 0.3) is 10.0 Å². The second-order valence-corrected chi connectivity index (χ2v) is 11.0. The van der Waals surface area contributed by atoms with E-state index in [0.29, 0.717) is 12.1 Å². The van der Waals surface area contributed by atoms with Crippen LogP contribution in [0.1, 0.15) is 51.8 Å². The van der Waals surface area contributed by atoms with Gasteiger partial charge in [0, 0.05) is 13.6 Å². The molecule has 0 fully saturated rings. The Hall–Kier alpha value is -4.14. The molecule has 0 saturated heterocycles. The van der Waals surface area contributed by atoms with Crippen molar-refractivity contribution in [3.05, 3.63) is 64.1 Å². The lowest BCUT2D eigenvalue weighted by Gasteiger charge is -2.21. The number of halogens is 3. The molecule has 0 radical (unpaired) electrons. The van der Waals surface area contributed by atoms with E-state index in [4.69, 9.17) is 9.90 Å². The van der Waals surface area contributed by atoms with Crippen LogP contribution < -0.4 is 9.62 Å². The summed E-state index contributed by atoms with van der Waals surface area (Å²) in [5.74, 6) is -3.72. The molecule has 0 bridgehead atoms. The maximum absolute atomic E-state index is 13.0. The smallest absolute Gasteiger partial charge is 0.478 e. The molecule has 3 rings (SSSR count). The molecular weight excluding hydrogens is 567 g/mol. The van der Waals surface area contributed by atoms with E-state index in [-0.39, 0.29) is 22.0 Å². The predicted octanol–water partition coefficient (Wildman–Crippen LogP) is 4.69. The number of anilines is 2. The SMILES string of the molecule is CCCn1nc(C)cc1CN(C)c1ncc(NS(=O)(=O)c2cc(C)c(C)cc2C)cc1C(=O)O.O=C(O)C(F)(F)F. The normalized spacial score (nSPS) is 11.4. The van der Waals surface area contributed by atoms with Crippen molar-refractivity contribution in [2.75, 3.05) is 16.7 Å². The third kappa shape index (κ3) is 8.67. The van der Waals surface area contributed by atoms with Crippen LogP contribution in [0.25, 0.3) is 0 Å². The molecule has 0 atom stereocenters. The van der Waals surface area contributed by atoms with Gasteiger partial charge >= 0.3 is 18.1 Å². The first-order valence-corrected chi connectivity index (χ1v) is 13.7. The van der Waals surface area contributed by atoms with Gasteiger partial charge in [0.2, 0.25) is 0 Å². The largest absolute Gasteiger partial charge is 0.490 e. The molecule has 15 heteroatoms. The van der Waals surface area contributed by atoms with Crippen LogP contribution in [0.2, 0.25) is 0 Å². The summed E-state index contributed by atoms with van der Waals surface area (Å²) >= 11 is 0. The van der Waals surface area contributed by atoms with Gasteiger partial charge in [-0.25, -0.2) is 23.0 Å². The quantitative estimate of drug-likeness (QED) is 0.318. The summed E-state index contributed by atoms with van der Waals surface area (Å²) in [6.45, 7) is 10.6.